The van der Waals surface area contributed by atoms with E-state index in [1.807, 2.05) is 21.6 Å². The summed E-state index contributed by atoms with van der Waals surface area (Å²) in [4.78, 5) is 29.1. The molecule has 0 aromatic rings. The van der Waals surface area contributed by atoms with E-state index in [9.17, 15) is 9.59 Å². The van der Waals surface area contributed by atoms with E-state index in [4.69, 9.17) is 5.11 Å². The highest BCUT2D eigenvalue weighted by atomic mass is 16.4. The van der Waals surface area contributed by atoms with Crippen LogP contribution in [0.15, 0.2) is 0 Å². The van der Waals surface area contributed by atoms with E-state index in [0.29, 0.717) is 32.1 Å². The molecule has 2 amide bonds. The smallest absolute Gasteiger partial charge is 0.320 e. The second kappa shape index (κ2) is 6.43. The van der Waals surface area contributed by atoms with Crippen LogP contribution in [0.4, 0.5) is 4.79 Å². The predicted octanol–water partition coefficient (Wildman–Crippen LogP) is 0.929. The number of hydrogen-bond donors (Lipinski definition) is 1. The van der Waals surface area contributed by atoms with Crippen molar-refractivity contribution in [3.05, 3.63) is 0 Å². The maximum atomic E-state index is 12.4. The highest BCUT2D eigenvalue weighted by Crippen LogP contribution is 2.30. The Balaban J connectivity index is 1.82. The Morgan fingerprint density at radius 2 is 1.85 bits per heavy atom. The molecule has 6 heteroatoms. The lowest BCUT2D eigenvalue weighted by Crippen LogP contribution is -2.55. The quantitative estimate of drug-likeness (QED) is 0.815. The molecule has 2 rings (SSSR count). The number of nitrogens with zero attached hydrogens (tertiary/aromatic N) is 3. The van der Waals surface area contributed by atoms with Gasteiger partial charge in [0.25, 0.3) is 0 Å². The average Bonchev–Trinajstić information content (AvgIpc) is 3.27. The molecule has 2 aliphatic rings. The third kappa shape index (κ3) is 3.62. The van der Waals surface area contributed by atoms with Crippen molar-refractivity contribution in [1.82, 2.24) is 14.7 Å². The SMILES string of the molecule is CCN(CC1CC1)C(=O)N1CCN(C(C)C(=O)O)CC1. The van der Waals surface area contributed by atoms with Gasteiger partial charge in [-0.15, -0.1) is 0 Å². The topological polar surface area (TPSA) is 64.1 Å². The Labute approximate surface area is 120 Å². The first kappa shape index (κ1) is 15.1. The molecule has 0 radical (unpaired) electrons. The highest BCUT2D eigenvalue weighted by molar-refractivity contribution is 5.75. The molecule has 1 saturated carbocycles. The van der Waals surface area contributed by atoms with Crippen LogP contribution in [0.2, 0.25) is 0 Å². The number of hydrogen-bond acceptors (Lipinski definition) is 3. The van der Waals surface area contributed by atoms with Crippen LogP contribution in [0.25, 0.3) is 0 Å². The van der Waals surface area contributed by atoms with Gasteiger partial charge in [0.15, 0.2) is 0 Å². The molecule has 6 nitrogen and oxygen atoms in total. The van der Waals surface area contributed by atoms with E-state index < -0.39 is 12.0 Å². The number of carbonyl (C=O) groups excluding carboxylic acids is 1. The normalized spacial score (nSPS) is 21.6. The minimum absolute atomic E-state index is 0.113. The minimum Gasteiger partial charge on any atom is -0.480 e. The van der Waals surface area contributed by atoms with Crippen LogP contribution in [0.3, 0.4) is 0 Å². The number of aliphatic carboxylic acids is 1. The summed E-state index contributed by atoms with van der Waals surface area (Å²) in [5.41, 5.74) is 0. The molecular weight excluding hydrogens is 258 g/mol. The number of urea groups is 1. The summed E-state index contributed by atoms with van der Waals surface area (Å²) in [6.45, 7) is 7.87. The summed E-state index contributed by atoms with van der Waals surface area (Å²) in [6, 6.07) is -0.358. The molecular formula is C14H25N3O3. The third-order valence-electron chi connectivity index (χ3n) is 4.32. The zero-order chi connectivity index (χ0) is 14.7. The number of rotatable bonds is 5. The molecule has 0 aromatic carbocycles. The Hall–Kier alpha value is -1.30. The molecule has 2 fully saturated rings. The standard InChI is InChI=1S/C14H25N3O3/c1-3-15(10-12-4-5-12)14(20)17-8-6-16(7-9-17)11(2)13(18)19/h11-12H,3-10H2,1-2H3,(H,18,19). The van der Waals surface area contributed by atoms with E-state index in [-0.39, 0.29) is 6.03 Å². The van der Waals surface area contributed by atoms with Gasteiger partial charge in [-0.3, -0.25) is 9.69 Å². The summed E-state index contributed by atoms with van der Waals surface area (Å²) in [7, 11) is 0. The van der Waals surface area contributed by atoms with Crippen molar-refractivity contribution in [2.45, 2.75) is 32.7 Å². The largest absolute Gasteiger partial charge is 0.480 e. The van der Waals surface area contributed by atoms with Crippen LogP contribution in [0.5, 0.6) is 0 Å². The maximum Gasteiger partial charge on any atom is 0.320 e. The second-order valence-electron chi connectivity index (χ2n) is 5.80. The second-order valence-corrected chi connectivity index (χ2v) is 5.80. The van der Waals surface area contributed by atoms with Gasteiger partial charge < -0.3 is 14.9 Å². The van der Waals surface area contributed by atoms with Crippen LogP contribution < -0.4 is 0 Å². The predicted molar refractivity (Wildman–Crippen MR) is 75.6 cm³/mol. The van der Waals surface area contributed by atoms with E-state index in [0.717, 1.165) is 13.1 Å². The Morgan fingerprint density at radius 3 is 2.30 bits per heavy atom. The fraction of sp³-hybridized carbons (Fsp3) is 0.857. The third-order valence-corrected chi connectivity index (χ3v) is 4.32. The lowest BCUT2D eigenvalue weighted by molar-refractivity contribution is -0.143. The van der Waals surface area contributed by atoms with Gasteiger partial charge in [0.2, 0.25) is 0 Å². The van der Waals surface area contributed by atoms with E-state index in [1.165, 1.54) is 12.8 Å². The van der Waals surface area contributed by atoms with Crippen LogP contribution in [-0.2, 0) is 4.79 Å². The molecule has 0 aromatic heterocycles. The molecule has 1 unspecified atom stereocenters. The number of amides is 2. The number of piperazine rings is 1. The monoisotopic (exact) mass is 283 g/mol. The van der Waals surface area contributed by atoms with Gasteiger partial charge in [-0.1, -0.05) is 0 Å². The van der Waals surface area contributed by atoms with Gasteiger partial charge in [0, 0.05) is 39.3 Å². The molecule has 114 valence electrons. The Kier molecular flexibility index (Phi) is 4.86. The summed E-state index contributed by atoms with van der Waals surface area (Å²) in [5.74, 6) is -0.0964. The zero-order valence-electron chi connectivity index (χ0n) is 12.4. The molecule has 1 N–H and O–H groups in total. The van der Waals surface area contributed by atoms with Crippen molar-refractivity contribution < 1.29 is 14.7 Å². The van der Waals surface area contributed by atoms with Crippen LogP contribution in [-0.4, -0.2) is 77.1 Å². The molecule has 1 atom stereocenters. The lowest BCUT2D eigenvalue weighted by atomic mass is 10.2. The molecule has 0 bridgehead atoms. The lowest BCUT2D eigenvalue weighted by Gasteiger charge is -2.38. The average molecular weight is 283 g/mol. The first-order chi connectivity index (χ1) is 9.52. The van der Waals surface area contributed by atoms with E-state index in [2.05, 4.69) is 0 Å². The molecule has 1 aliphatic heterocycles. The first-order valence-electron chi connectivity index (χ1n) is 7.53. The molecule has 20 heavy (non-hydrogen) atoms. The van der Waals surface area contributed by atoms with Crippen LogP contribution in [0, 0.1) is 5.92 Å². The number of carboxylic acid groups (broad SMARTS) is 1. The van der Waals surface area contributed by atoms with Gasteiger partial charge in [-0.25, -0.2) is 4.79 Å². The summed E-state index contributed by atoms with van der Waals surface area (Å²) in [6.07, 6.45) is 2.49. The highest BCUT2D eigenvalue weighted by Gasteiger charge is 2.31. The van der Waals surface area contributed by atoms with Crippen molar-refractivity contribution in [2.75, 3.05) is 39.3 Å². The summed E-state index contributed by atoms with van der Waals surface area (Å²) >= 11 is 0. The van der Waals surface area contributed by atoms with Gasteiger partial charge in [0.05, 0.1) is 0 Å². The summed E-state index contributed by atoms with van der Waals surface area (Å²) < 4.78 is 0. The molecule has 0 spiro atoms. The van der Waals surface area contributed by atoms with Gasteiger partial charge in [-0.05, 0) is 32.6 Å². The van der Waals surface area contributed by atoms with Crippen molar-refractivity contribution in [2.24, 2.45) is 5.92 Å². The minimum atomic E-state index is -0.798. The first-order valence-corrected chi connectivity index (χ1v) is 7.53. The van der Waals surface area contributed by atoms with Gasteiger partial charge in [-0.2, -0.15) is 0 Å². The molecule has 1 aliphatic carbocycles. The van der Waals surface area contributed by atoms with Gasteiger partial charge >= 0.3 is 12.0 Å². The van der Waals surface area contributed by atoms with Crippen LogP contribution in [0.1, 0.15) is 26.7 Å². The molecule has 1 saturated heterocycles. The summed E-state index contributed by atoms with van der Waals surface area (Å²) in [5, 5.41) is 9.01. The zero-order valence-corrected chi connectivity index (χ0v) is 12.4. The van der Waals surface area contributed by atoms with Crippen molar-refractivity contribution in [3.63, 3.8) is 0 Å². The fourth-order valence-electron chi connectivity index (χ4n) is 2.61. The van der Waals surface area contributed by atoms with Crippen molar-refractivity contribution >= 4 is 12.0 Å². The molecule has 1 heterocycles. The number of carboxylic acids is 1. The van der Waals surface area contributed by atoms with E-state index in [1.54, 1.807) is 6.92 Å². The van der Waals surface area contributed by atoms with Gasteiger partial charge in [0.1, 0.15) is 6.04 Å². The fourth-order valence-corrected chi connectivity index (χ4v) is 2.61. The number of carbonyl (C=O) groups is 2. The van der Waals surface area contributed by atoms with E-state index >= 15 is 0 Å². The van der Waals surface area contributed by atoms with Crippen LogP contribution >= 0.6 is 0 Å². The Bertz CT molecular complexity index is 363. The maximum absolute atomic E-state index is 12.4. The van der Waals surface area contributed by atoms with Crippen molar-refractivity contribution in [3.8, 4) is 0 Å². The van der Waals surface area contributed by atoms with Crippen molar-refractivity contribution in [1.29, 1.82) is 0 Å². The Morgan fingerprint density at radius 1 is 1.25 bits per heavy atom.